The van der Waals surface area contributed by atoms with Gasteiger partial charge in [0.15, 0.2) is 10.6 Å². The van der Waals surface area contributed by atoms with Crippen molar-refractivity contribution in [1.29, 1.82) is 0 Å². The van der Waals surface area contributed by atoms with Crippen LogP contribution >= 0.6 is 12.2 Å². The Balaban J connectivity index is 1.75. The van der Waals surface area contributed by atoms with E-state index < -0.39 is 0 Å². The summed E-state index contributed by atoms with van der Waals surface area (Å²) in [5.41, 5.74) is 1.29. The van der Waals surface area contributed by atoms with Crippen LogP contribution in [-0.4, -0.2) is 43.5 Å². The number of hydrogen-bond acceptors (Lipinski definition) is 5. The first-order valence-electron chi connectivity index (χ1n) is 10.2. The van der Waals surface area contributed by atoms with Gasteiger partial charge in [-0.3, -0.25) is 4.90 Å². The highest BCUT2D eigenvalue weighted by molar-refractivity contribution is 7.71. The third-order valence-corrected chi connectivity index (χ3v) is 5.49. The maximum absolute atomic E-state index is 9.93. The van der Waals surface area contributed by atoms with Gasteiger partial charge < -0.3 is 14.4 Å². The minimum atomic E-state index is -0.255. The van der Waals surface area contributed by atoms with Crippen molar-refractivity contribution < 1.29 is 9.84 Å². The summed E-state index contributed by atoms with van der Waals surface area (Å²) < 4.78 is 10.7. The number of nitrogens with zero attached hydrogens (tertiary/aromatic N) is 4. The molecule has 1 fully saturated rings. The van der Waals surface area contributed by atoms with Crippen LogP contribution in [0, 0.1) is 10.7 Å². The number of aromatic nitrogens is 3. The maximum atomic E-state index is 9.93. The number of β-amino-alcohol motifs (C(OH)–C–C–N with tert-alkyl or cyclic N) is 1. The first-order chi connectivity index (χ1) is 13.5. The number of ether oxygens (including phenoxy) is 1. The number of aliphatic hydroxyl groups is 1. The maximum Gasteiger partial charge on any atom is 0.199 e. The van der Waals surface area contributed by atoms with Gasteiger partial charge in [-0.15, -0.1) is 0 Å². The zero-order valence-electron chi connectivity index (χ0n) is 17.2. The molecule has 3 rings (SSSR count). The van der Waals surface area contributed by atoms with E-state index in [2.05, 4.69) is 42.4 Å². The van der Waals surface area contributed by atoms with Crippen LogP contribution in [0.2, 0.25) is 0 Å². The van der Waals surface area contributed by atoms with Crippen molar-refractivity contribution in [3.8, 4) is 5.75 Å². The number of aryl methyl sites for hydroxylation is 1. The summed E-state index contributed by atoms with van der Waals surface area (Å²) in [7, 11) is 0. The summed E-state index contributed by atoms with van der Waals surface area (Å²) in [4.78, 5) is 2.21. The van der Waals surface area contributed by atoms with Crippen LogP contribution in [0.4, 0.5) is 0 Å². The number of aliphatic hydroxyl groups excluding tert-OH is 1. The van der Waals surface area contributed by atoms with Crippen molar-refractivity contribution in [2.75, 3.05) is 13.1 Å². The van der Waals surface area contributed by atoms with Gasteiger partial charge in [-0.1, -0.05) is 32.9 Å². The molecule has 1 aromatic carbocycles. The van der Waals surface area contributed by atoms with Gasteiger partial charge in [0.05, 0.1) is 12.8 Å². The lowest BCUT2D eigenvalue weighted by Gasteiger charge is -2.29. The van der Waals surface area contributed by atoms with E-state index in [-0.39, 0.29) is 6.10 Å². The van der Waals surface area contributed by atoms with Gasteiger partial charge >= 0.3 is 0 Å². The Morgan fingerprint density at radius 1 is 1.29 bits per heavy atom. The standard InChI is InChI=1S/C21H32N4O2S/c1-4-17-7-9-19(10-8-17)27-14-20-22-25(21(28)24(20)12-16(2)3)15-23-11-5-6-18(26)13-23/h7-10,16,18,26H,4-6,11-15H2,1-3H3/t18-/m0/s1. The Kier molecular flexibility index (Phi) is 7.26. The van der Waals surface area contributed by atoms with Crippen LogP contribution in [0.15, 0.2) is 24.3 Å². The van der Waals surface area contributed by atoms with E-state index in [1.807, 2.05) is 16.8 Å². The molecule has 2 heterocycles. The molecule has 0 amide bonds. The zero-order chi connectivity index (χ0) is 20.1. The van der Waals surface area contributed by atoms with Gasteiger partial charge in [-0.2, -0.15) is 5.10 Å². The first kappa shape index (κ1) is 21.0. The predicted octanol–water partition coefficient (Wildman–Crippen LogP) is 3.63. The molecular formula is C21H32N4O2S. The van der Waals surface area contributed by atoms with Gasteiger partial charge in [-0.25, -0.2) is 4.68 Å². The SMILES string of the molecule is CCc1ccc(OCc2nn(CN3CCC[C@H](O)C3)c(=S)n2CC(C)C)cc1. The third kappa shape index (κ3) is 5.43. The number of rotatable bonds is 8. The van der Waals surface area contributed by atoms with E-state index in [0.717, 1.165) is 43.9 Å². The van der Waals surface area contributed by atoms with Crippen LogP contribution in [-0.2, 0) is 26.2 Å². The molecule has 0 bridgehead atoms. The largest absolute Gasteiger partial charge is 0.486 e. The summed E-state index contributed by atoms with van der Waals surface area (Å²) in [6.07, 6.45) is 2.64. The summed E-state index contributed by atoms with van der Waals surface area (Å²) >= 11 is 5.71. The summed E-state index contributed by atoms with van der Waals surface area (Å²) in [5, 5.41) is 14.7. The molecule has 1 saturated heterocycles. The van der Waals surface area contributed by atoms with Crippen molar-refractivity contribution in [2.24, 2.45) is 5.92 Å². The van der Waals surface area contributed by atoms with E-state index in [4.69, 9.17) is 22.1 Å². The molecule has 1 aromatic heterocycles. The van der Waals surface area contributed by atoms with E-state index in [1.54, 1.807) is 0 Å². The number of likely N-dealkylation sites (tertiary alicyclic amines) is 1. The van der Waals surface area contributed by atoms with E-state index >= 15 is 0 Å². The second kappa shape index (κ2) is 9.67. The van der Waals surface area contributed by atoms with Gasteiger partial charge in [0.1, 0.15) is 12.4 Å². The fraction of sp³-hybridized carbons (Fsp3) is 0.619. The average molecular weight is 405 g/mol. The fourth-order valence-electron chi connectivity index (χ4n) is 3.55. The quantitative estimate of drug-likeness (QED) is 0.681. The lowest BCUT2D eigenvalue weighted by atomic mass is 10.1. The molecule has 0 radical (unpaired) electrons. The zero-order valence-corrected chi connectivity index (χ0v) is 18.0. The van der Waals surface area contributed by atoms with Gasteiger partial charge in [0.2, 0.25) is 0 Å². The molecule has 0 spiro atoms. The van der Waals surface area contributed by atoms with Crippen LogP contribution in [0.1, 0.15) is 45.0 Å². The molecule has 6 nitrogen and oxygen atoms in total. The summed E-state index contributed by atoms with van der Waals surface area (Å²) in [5.74, 6) is 2.15. The average Bonchev–Trinajstić information content (AvgIpc) is 2.95. The van der Waals surface area contributed by atoms with Gasteiger partial charge in [0, 0.05) is 19.6 Å². The molecule has 0 saturated carbocycles. The van der Waals surface area contributed by atoms with Crippen molar-refractivity contribution >= 4 is 12.2 Å². The molecule has 2 aromatic rings. The van der Waals surface area contributed by atoms with Crippen LogP contribution in [0.5, 0.6) is 5.75 Å². The highest BCUT2D eigenvalue weighted by Gasteiger charge is 2.20. The van der Waals surface area contributed by atoms with Crippen LogP contribution < -0.4 is 4.74 Å². The second-order valence-electron chi connectivity index (χ2n) is 8.00. The smallest absolute Gasteiger partial charge is 0.199 e. The predicted molar refractivity (Wildman–Crippen MR) is 113 cm³/mol. The fourth-order valence-corrected chi connectivity index (χ4v) is 3.83. The number of hydrogen-bond donors (Lipinski definition) is 1. The minimum Gasteiger partial charge on any atom is -0.486 e. The lowest BCUT2D eigenvalue weighted by molar-refractivity contribution is 0.0511. The Morgan fingerprint density at radius 3 is 2.68 bits per heavy atom. The second-order valence-corrected chi connectivity index (χ2v) is 8.37. The molecule has 1 aliphatic heterocycles. The van der Waals surface area contributed by atoms with Crippen LogP contribution in [0.3, 0.4) is 0 Å². The number of benzene rings is 1. The molecule has 0 unspecified atom stereocenters. The van der Waals surface area contributed by atoms with Crippen molar-refractivity contribution in [2.45, 2.75) is 66.0 Å². The number of piperidine rings is 1. The molecule has 1 aliphatic rings. The van der Waals surface area contributed by atoms with Crippen LogP contribution in [0.25, 0.3) is 0 Å². The summed E-state index contributed by atoms with van der Waals surface area (Å²) in [6, 6.07) is 8.20. The Bertz CT molecular complexity index is 813. The van der Waals surface area contributed by atoms with E-state index in [0.29, 0.717) is 30.5 Å². The van der Waals surface area contributed by atoms with Crippen molar-refractivity contribution in [1.82, 2.24) is 19.2 Å². The van der Waals surface area contributed by atoms with Crippen molar-refractivity contribution in [3.63, 3.8) is 0 Å². The monoisotopic (exact) mass is 404 g/mol. The Morgan fingerprint density at radius 2 is 2.04 bits per heavy atom. The highest BCUT2D eigenvalue weighted by atomic mass is 32.1. The Labute approximate surface area is 172 Å². The van der Waals surface area contributed by atoms with Gasteiger partial charge in [0.25, 0.3) is 0 Å². The van der Waals surface area contributed by atoms with E-state index in [1.165, 1.54) is 5.56 Å². The molecule has 1 N–H and O–H groups in total. The molecule has 1 atom stereocenters. The summed E-state index contributed by atoms with van der Waals surface area (Å²) in [6.45, 7) is 9.94. The van der Waals surface area contributed by atoms with Gasteiger partial charge in [-0.05, 0) is 55.1 Å². The topological polar surface area (TPSA) is 55.4 Å². The lowest BCUT2D eigenvalue weighted by Crippen LogP contribution is -2.39. The van der Waals surface area contributed by atoms with Crippen molar-refractivity contribution in [3.05, 3.63) is 40.4 Å². The minimum absolute atomic E-state index is 0.255. The first-order valence-corrected chi connectivity index (χ1v) is 10.7. The van der Waals surface area contributed by atoms with E-state index in [9.17, 15) is 5.11 Å². The molecule has 154 valence electrons. The molecule has 7 heteroatoms. The molecule has 28 heavy (non-hydrogen) atoms. The normalized spacial score (nSPS) is 18.0. The third-order valence-electron chi connectivity index (χ3n) is 5.06. The molecular weight excluding hydrogens is 372 g/mol. The highest BCUT2D eigenvalue weighted by Crippen LogP contribution is 2.16. The Hall–Kier alpha value is -1.70. The molecule has 0 aliphatic carbocycles.